The Hall–Kier alpha value is -2.88. The van der Waals surface area contributed by atoms with E-state index in [-0.39, 0.29) is 11.1 Å². The molecule has 1 N–H and O–H groups in total. The van der Waals surface area contributed by atoms with Gasteiger partial charge in [0.1, 0.15) is 6.10 Å². The van der Waals surface area contributed by atoms with Gasteiger partial charge in [-0.15, -0.1) is 0 Å². The van der Waals surface area contributed by atoms with Crippen LogP contribution in [-0.4, -0.2) is 23.1 Å². The first-order chi connectivity index (χ1) is 10.6. The quantitative estimate of drug-likeness (QED) is 0.855. The van der Waals surface area contributed by atoms with Crippen LogP contribution < -0.4 is 0 Å². The van der Waals surface area contributed by atoms with Gasteiger partial charge in [-0.1, -0.05) is 48.5 Å². The number of carboxylic acid groups (broad SMARTS) is 1. The first kappa shape index (κ1) is 15.5. The van der Waals surface area contributed by atoms with Crippen molar-refractivity contribution in [3.8, 4) is 0 Å². The molecule has 4 heteroatoms. The molecular weight excluding hydrogens is 280 g/mol. The third-order valence-corrected chi connectivity index (χ3v) is 3.03. The van der Waals surface area contributed by atoms with E-state index < -0.39 is 18.0 Å². The van der Waals surface area contributed by atoms with E-state index in [0.29, 0.717) is 0 Å². The second-order valence-electron chi connectivity index (χ2n) is 4.73. The van der Waals surface area contributed by atoms with Gasteiger partial charge in [0.2, 0.25) is 0 Å². The van der Waals surface area contributed by atoms with Gasteiger partial charge in [0, 0.05) is 0 Å². The van der Waals surface area contributed by atoms with Gasteiger partial charge in [-0.05, 0) is 30.7 Å². The highest BCUT2D eigenvalue weighted by Gasteiger charge is 2.18. The van der Waals surface area contributed by atoms with Gasteiger partial charge in [-0.2, -0.15) is 0 Å². The Morgan fingerprint density at radius 3 is 2.23 bits per heavy atom. The van der Waals surface area contributed by atoms with Crippen molar-refractivity contribution in [3.05, 3.63) is 77.4 Å². The number of hydrogen-bond acceptors (Lipinski definition) is 3. The average molecular weight is 296 g/mol. The minimum atomic E-state index is -1.15. The second-order valence-corrected chi connectivity index (χ2v) is 4.73. The predicted molar refractivity (Wildman–Crippen MR) is 83.8 cm³/mol. The molecule has 0 spiro atoms. The molecule has 2 aromatic carbocycles. The zero-order valence-corrected chi connectivity index (χ0v) is 12.1. The summed E-state index contributed by atoms with van der Waals surface area (Å²) in [6, 6.07) is 15.6. The fourth-order valence-electron chi connectivity index (χ4n) is 1.93. The highest BCUT2D eigenvalue weighted by atomic mass is 16.5. The molecule has 4 nitrogen and oxygen atoms in total. The maximum absolute atomic E-state index is 12.1. The molecule has 0 saturated heterocycles. The average Bonchev–Trinajstić information content (AvgIpc) is 2.54. The number of ether oxygens (including phenoxy) is 1. The largest absolute Gasteiger partial charge is 0.478 e. The van der Waals surface area contributed by atoms with Gasteiger partial charge in [0.05, 0.1) is 11.1 Å². The fourth-order valence-corrected chi connectivity index (χ4v) is 1.93. The normalized spacial score (nSPS) is 12.0. The summed E-state index contributed by atoms with van der Waals surface area (Å²) in [6.07, 6.45) is 3.13. The van der Waals surface area contributed by atoms with Crippen LogP contribution in [0.25, 0.3) is 6.08 Å². The van der Waals surface area contributed by atoms with Gasteiger partial charge >= 0.3 is 11.9 Å². The number of benzene rings is 2. The van der Waals surface area contributed by atoms with E-state index in [4.69, 9.17) is 9.84 Å². The maximum Gasteiger partial charge on any atom is 0.339 e. The summed E-state index contributed by atoms with van der Waals surface area (Å²) in [5.74, 6) is -1.80. The topological polar surface area (TPSA) is 63.6 Å². The standard InChI is InChI=1S/C18H16O4/c1-13(11-12-14-7-3-2-4-8-14)22-18(21)16-10-6-5-9-15(16)17(19)20/h2-13H,1H3,(H,19,20)/b12-11+/t13-/m1/s1. The lowest BCUT2D eigenvalue weighted by atomic mass is 10.1. The molecule has 112 valence electrons. The Kier molecular flexibility index (Phi) is 5.09. The van der Waals surface area contributed by atoms with Crippen molar-refractivity contribution in [2.75, 3.05) is 0 Å². The van der Waals surface area contributed by atoms with Gasteiger partial charge in [0.15, 0.2) is 0 Å². The van der Waals surface area contributed by atoms with Crippen LogP contribution in [0.5, 0.6) is 0 Å². The van der Waals surface area contributed by atoms with Crippen LogP contribution in [0.1, 0.15) is 33.2 Å². The van der Waals surface area contributed by atoms with Gasteiger partial charge in [-0.25, -0.2) is 9.59 Å². The van der Waals surface area contributed by atoms with Crippen LogP contribution >= 0.6 is 0 Å². The summed E-state index contributed by atoms with van der Waals surface area (Å²) in [5, 5.41) is 9.08. The van der Waals surface area contributed by atoms with E-state index in [1.54, 1.807) is 25.1 Å². The Morgan fingerprint density at radius 1 is 1.00 bits per heavy atom. The third-order valence-electron chi connectivity index (χ3n) is 3.03. The van der Waals surface area contributed by atoms with Crippen LogP contribution in [0.15, 0.2) is 60.7 Å². The van der Waals surface area contributed by atoms with E-state index in [1.165, 1.54) is 12.1 Å². The minimum absolute atomic E-state index is 0.0509. The Labute approximate surface area is 128 Å². The number of carbonyl (C=O) groups is 2. The number of esters is 1. The molecule has 0 unspecified atom stereocenters. The molecule has 0 aliphatic rings. The molecule has 0 aliphatic carbocycles. The Bertz CT molecular complexity index is 689. The molecule has 2 rings (SSSR count). The van der Waals surface area contributed by atoms with E-state index in [9.17, 15) is 9.59 Å². The van der Waals surface area contributed by atoms with Crippen molar-refractivity contribution in [1.82, 2.24) is 0 Å². The molecule has 0 radical (unpaired) electrons. The first-order valence-electron chi connectivity index (χ1n) is 6.84. The zero-order valence-electron chi connectivity index (χ0n) is 12.1. The summed E-state index contributed by atoms with van der Waals surface area (Å²) < 4.78 is 5.26. The number of aromatic carboxylic acids is 1. The van der Waals surface area contributed by atoms with Gasteiger partial charge < -0.3 is 9.84 Å². The summed E-state index contributed by atoms with van der Waals surface area (Å²) in [6.45, 7) is 1.72. The van der Waals surface area contributed by atoms with Crippen molar-refractivity contribution in [1.29, 1.82) is 0 Å². The van der Waals surface area contributed by atoms with Crippen LogP contribution in [-0.2, 0) is 4.74 Å². The smallest absolute Gasteiger partial charge is 0.339 e. The third kappa shape index (κ3) is 4.06. The number of carbonyl (C=O) groups excluding carboxylic acids is 1. The van der Waals surface area contributed by atoms with E-state index in [0.717, 1.165) is 5.56 Å². The van der Waals surface area contributed by atoms with E-state index in [2.05, 4.69) is 0 Å². The molecule has 0 heterocycles. The van der Waals surface area contributed by atoms with Crippen molar-refractivity contribution < 1.29 is 19.4 Å². The van der Waals surface area contributed by atoms with Crippen molar-refractivity contribution >= 4 is 18.0 Å². The number of rotatable bonds is 5. The zero-order chi connectivity index (χ0) is 15.9. The van der Waals surface area contributed by atoms with E-state index in [1.807, 2.05) is 36.4 Å². The number of hydrogen-bond donors (Lipinski definition) is 1. The Morgan fingerprint density at radius 2 is 1.59 bits per heavy atom. The predicted octanol–water partition coefficient (Wildman–Crippen LogP) is 3.64. The van der Waals surface area contributed by atoms with E-state index >= 15 is 0 Å². The summed E-state index contributed by atoms with van der Waals surface area (Å²) in [7, 11) is 0. The van der Waals surface area contributed by atoms with Crippen molar-refractivity contribution in [2.45, 2.75) is 13.0 Å². The second kappa shape index (κ2) is 7.22. The lowest BCUT2D eigenvalue weighted by Gasteiger charge is -2.10. The molecule has 22 heavy (non-hydrogen) atoms. The highest BCUT2D eigenvalue weighted by Crippen LogP contribution is 2.12. The lowest BCUT2D eigenvalue weighted by molar-refractivity contribution is 0.0418. The first-order valence-corrected chi connectivity index (χ1v) is 6.84. The molecule has 2 aromatic rings. The highest BCUT2D eigenvalue weighted by molar-refractivity contribution is 6.02. The summed E-state index contributed by atoms with van der Waals surface area (Å²) >= 11 is 0. The summed E-state index contributed by atoms with van der Waals surface area (Å²) in [5.41, 5.74) is 0.984. The molecule has 0 aliphatic heterocycles. The van der Waals surface area contributed by atoms with Gasteiger partial charge in [0.25, 0.3) is 0 Å². The van der Waals surface area contributed by atoms with Crippen LogP contribution in [0.4, 0.5) is 0 Å². The monoisotopic (exact) mass is 296 g/mol. The van der Waals surface area contributed by atoms with Crippen LogP contribution in [0, 0.1) is 0 Å². The number of carboxylic acids is 1. The summed E-state index contributed by atoms with van der Waals surface area (Å²) in [4.78, 5) is 23.2. The molecular formula is C18H16O4. The molecule has 0 amide bonds. The lowest BCUT2D eigenvalue weighted by Crippen LogP contribution is -2.16. The SMILES string of the molecule is C[C@H](/C=C/c1ccccc1)OC(=O)c1ccccc1C(=O)O. The molecule has 0 aromatic heterocycles. The molecule has 1 atom stereocenters. The van der Waals surface area contributed by atoms with Gasteiger partial charge in [-0.3, -0.25) is 0 Å². The Balaban J connectivity index is 2.06. The molecule has 0 saturated carbocycles. The van der Waals surface area contributed by atoms with Crippen molar-refractivity contribution in [2.24, 2.45) is 0 Å². The maximum atomic E-state index is 12.1. The molecule has 0 fully saturated rings. The molecule has 0 bridgehead atoms. The van der Waals surface area contributed by atoms with Crippen LogP contribution in [0.3, 0.4) is 0 Å². The van der Waals surface area contributed by atoms with Crippen LogP contribution in [0.2, 0.25) is 0 Å². The minimum Gasteiger partial charge on any atom is -0.478 e. The fraction of sp³-hybridized carbons (Fsp3) is 0.111. The van der Waals surface area contributed by atoms with Crippen molar-refractivity contribution in [3.63, 3.8) is 0 Å².